The number of carbonyl (C=O) groups excluding carboxylic acids is 3. The second-order valence-corrected chi connectivity index (χ2v) is 7.44. The monoisotopic (exact) mass is 394 g/mol. The summed E-state index contributed by atoms with van der Waals surface area (Å²) >= 11 is 0. The van der Waals surface area contributed by atoms with E-state index in [0.29, 0.717) is 22.4 Å². The summed E-state index contributed by atoms with van der Waals surface area (Å²) in [5.41, 5.74) is 3.66. The lowest BCUT2D eigenvalue weighted by Gasteiger charge is -2.20. The number of aromatic nitrogens is 1. The molecule has 0 spiro atoms. The number of benzene rings is 3. The van der Waals surface area contributed by atoms with Crippen molar-refractivity contribution >= 4 is 34.1 Å². The minimum absolute atomic E-state index is 0.170. The number of carbonyl (C=O) groups is 3. The molecule has 1 aromatic heterocycles. The van der Waals surface area contributed by atoms with E-state index in [4.69, 9.17) is 0 Å². The number of rotatable bonds is 3. The van der Waals surface area contributed by atoms with Gasteiger partial charge < -0.3 is 9.88 Å². The van der Waals surface area contributed by atoms with E-state index in [9.17, 15) is 14.4 Å². The molecule has 1 amide bonds. The molecule has 0 saturated heterocycles. The van der Waals surface area contributed by atoms with Crippen molar-refractivity contribution in [2.24, 2.45) is 7.05 Å². The van der Waals surface area contributed by atoms with Crippen LogP contribution in [0.25, 0.3) is 10.9 Å². The predicted molar refractivity (Wildman–Crippen MR) is 115 cm³/mol. The van der Waals surface area contributed by atoms with E-state index in [1.807, 2.05) is 42.1 Å². The summed E-state index contributed by atoms with van der Waals surface area (Å²) < 4.78 is 1.99. The van der Waals surface area contributed by atoms with E-state index in [-0.39, 0.29) is 29.5 Å². The lowest BCUT2D eigenvalue weighted by atomic mass is 9.83. The van der Waals surface area contributed by atoms with Crippen LogP contribution in [0.3, 0.4) is 0 Å². The molecule has 0 unspecified atom stereocenters. The molecule has 30 heavy (non-hydrogen) atoms. The molecule has 1 aliphatic rings. The average molecular weight is 394 g/mol. The fourth-order valence-corrected chi connectivity index (χ4v) is 4.18. The second kappa shape index (κ2) is 6.81. The summed E-state index contributed by atoms with van der Waals surface area (Å²) in [4.78, 5) is 38.8. The summed E-state index contributed by atoms with van der Waals surface area (Å²) in [6, 6.07) is 19.7. The lowest BCUT2D eigenvalue weighted by Crippen LogP contribution is -2.24. The van der Waals surface area contributed by atoms with Crippen molar-refractivity contribution in [2.75, 3.05) is 5.32 Å². The molecule has 146 valence electrons. The van der Waals surface area contributed by atoms with Gasteiger partial charge in [0.25, 0.3) is 0 Å². The van der Waals surface area contributed by atoms with Crippen LogP contribution in [0.5, 0.6) is 0 Å². The van der Waals surface area contributed by atoms with Crippen molar-refractivity contribution in [3.05, 3.63) is 101 Å². The van der Waals surface area contributed by atoms with E-state index >= 15 is 0 Å². The summed E-state index contributed by atoms with van der Waals surface area (Å²) in [6.07, 6.45) is 2.11. The number of fused-ring (bicyclic) bond motifs is 3. The summed E-state index contributed by atoms with van der Waals surface area (Å²) in [7, 11) is 1.94. The molecule has 0 saturated carbocycles. The van der Waals surface area contributed by atoms with E-state index in [2.05, 4.69) is 5.32 Å². The third kappa shape index (κ3) is 2.75. The smallest absolute Gasteiger partial charge is 0.228 e. The highest BCUT2D eigenvalue weighted by molar-refractivity contribution is 6.30. The number of hydrogen-bond acceptors (Lipinski definition) is 3. The van der Waals surface area contributed by atoms with Crippen LogP contribution in [0.4, 0.5) is 5.69 Å². The van der Waals surface area contributed by atoms with E-state index in [1.165, 1.54) is 0 Å². The van der Waals surface area contributed by atoms with Gasteiger partial charge in [0.2, 0.25) is 5.91 Å². The Bertz CT molecular complexity index is 1360. The first-order chi connectivity index (χ1) is 14.5. The van der Waals surface area contributed by atoms with Crippen LogP contribution < -0.4 is 5.32 Å². The number of aryl methyl sites for hydroxylation is 1. The maximum Gasteiger partial charge on any atom is 0.228 e. The third-order valence-electron chi connectivity index (χ3n) is 5.56. The van der Waals surface area contributed by atoms with Crippen molar-refractivity contribution in [1.82, 2.24) is 4.57 Å². The van der Waals surface area contributed by atoms with Crippen LogP contribution in [0.1, 0.15) is 37.4 Å². The van der Waals surface area contributed by atoms with Crippen LogP contribution in [0.15, 0.2) is 72.9 Å². The first-order valence-corrected chi connectivity index (χ1v) is 9.69. The van der Waals surface area contributed by atoms with Crippen LogP contribution in [-0.4, -0.2) is 22.0 Å². The minimum atomic E-state index is -0.249. The average Bonchev–Trinajstić information content (AvgIpc) is 3.07. The number of hydrogen-bond donors (Lipinski definition) is 1. The SMILES string of the molecule is Cn1cc(CC(=O)Nc2cccc3c2C(=O)c2ccccc2C3=O)c2ccccc21. The highest BCUT2D eigenvalue weighted by Gasteiger charge is 2.31. The summed E-state index contributed by atoms with van der Waals surface area (Å²) in [5.74, 6) is -0.689. The predicted octanol–water partition coefficient (Wildman–Crippen LogP) is 4.13. The molecule has 1 heterocycles. The fourth-order valence-electron chi connectivity index (χ4n) is 4.18. The second-order valence-electron chi connectivity index (χ2n) is 7.44. The first kappa shape index (κ1) is 18.1. The molecule has 0 radical (unpaired) electrons. The number of anilines is 1. The van der Waals surface area contributed by atoms with Gasteiger partial charge in [-0.25, -0.2) is 0 Å². The van der Waals surface area contributed by atoms with Gasteiger partial charge >= 0.3 is 0 Å². The van der Waals surface area contributed by atoms with Crippen LogP contribution in [0.2, 0.25) is 0 Å². The van der Waals surface area contributed by atoms with Crippen molar-refractivity contribution in [3.63, 3.8) is 0 Å². The lowest BCUT2D eigenvalue weighted by molar-refractivity contribution is -0.115. The van der Waals surface area contributed by atoms with Gasteiger partial charge in [-0.3, -0.25) is 14.4 Å². The number of nitrogens with zero attached hydrogens (tertiary/aromatic N) is 1. The molecule has 5 nitrogen and oxygen atoms in total. The third-order valence-corrected chi connectivity index (χ3v) is 5.56. The molecule has 4 aromatic rings. The van der Waals surface area contributed by atoms with Gasteiger partial charge in [0.05, 0.1) is 17.7 Å². The Morgan fingerprint density at radius 1 is 0.833 bits per heavy atom. The molecule has 5 heteroatoms. The molecule has 0 atom stereocenters. The number of nitrogens with one attached hydrogen (secondary N) is 1. The van der Waals surface area contributed by atoms with Crippen molar-refractivity contribution < 1.29 is 14.4 Å². The number of ketones is 2. The first-order valence-electron chi connectivity index (χ1n) is 9.69. The fraction of sp³-hybridized carbons (Fsp3) is 0.0800. The van der Waals surface area contributed by atoms with E-state index in [0.717, 1.165) is 16.5 Å². The molecular formula is C25H18N2O3. The maximum absolute atomic E-state index is 13.1. The van der Waals surface area contributed by atoms with E-state index in [1.54, 1.807) is 42.5 Å². The zero-order valence-corrected chi connectivity index (χ0v) is 16.3. The van der Waals surface area contributed by atoms with Crippen LogP contribution in [0, 0.1) is 0 Å². The molecule has 0 fully saturated rings. The normalized spacial score (nSPS) is 12.6. The Labute approximate surface area is 172 Å². The van der Waals surface area contributed by atoms with Gasteiger partial charge in [0.15, 0.2) is 11.6 Å². The molecule has 1 aliphatic carbocycles. The Morgan fingerprint density at radius 2 is 1.50 bits per heavy atom. The van der Waals surface area contributed by atoms with Crippen molar-refractivity contribution in [1.29, 1.82) is 0 Å². The molecule has 3 aromatic carbocycles. The minimum Gasteiger partial charge on any atom is -0.350 e. The number of amides is 1. The van der Waals surface area contributed by atoms with Gasteiger partial charge in [-0.15, -0.1) is 0 Å². The van der Waals surface area contributed by atoms with Crippen LogP contribution in [-0.2, 0) is 18.3 Å². The number of para-hydroxylation sites is 1. The molecule has 0 bridgehead atoms. The highest BCUT2D eigenvalue weighted by atomic mass is 16.2. The molecule has 5 rings (SSSR count). The topological polar surface area (TPSA) is 68.2 Å². The molecular weight excluding hydrogens is 376 g/mol. The standard InChI is InChI=1S/C25H18N2O3/c1-27-14-15(16-7-4-5-12-21(16)27)13-22(28)26-20-11-6-10-19-23(20)25(30)18-9-3-2-8-17(18)24(19)29/h2-12,14H,13H2,1H3,(H,26,28). The van der Waals surface area contributed by atoms with Gasteiger partial charge in [-0.1, -0.05) is 54.6 Å². The van der Waals surface area contributed by atoms with Crippen molar-refractivity contribution in [3.8, 4) is 0 Å². The maximum atomic E-state index is 13.1. The summed E-state index contributed by atoms with van der Waals surface area (Å²) in [6.45, 7) is 0. The van der Waals surface area contributed by atoms with Gasteiger partial charge in [0.1, 0.15) is 0 Å². The Balaban J connectivity index is 1.48. The zero-order valence-electron chi connectivity index (χ0n) is 16.3. The quantitative estimate of drug-likeness (QED) is 0.500. The van der Waals surface area contributed by atoms with Crippen LogP contribution >= 0.6 is 0 Å². The Kier molecular flexibility index (Phi) is 4.10. The molecule has 1 N–H and O–H groups in total. The van der Waals surface area contributed by atoms with Crippen molar-refractivity contribution in [2.45, 2.75) is 6.42 Å². The largest absolute Gasteiger partial charge is 0.350 e. The zero-order chi connectivity index (χ0) is 20.8. The summed E-state index contributed by atoms with van der Waals surface area (Å²) in [5, 5.41) is 3.87. The molecule has 0 aliphatic heterocycles. The van der Waals surface area contributed by atoms with Gasteiger partial charge in [-0.2, -0.15) is 0 Å². The Hall–Kier alpha value is -3.99. The Morgan fingerprint density at radius 3 is 2.30 bits per heavy atom. The van der Waals surface area contributed by atoms with Gasteiger partial charge in [-0.05, 0) is 17.7 Å². The van der Waals surface area contributed by atoms with Gasteiger partial charge in [0, 0.05) is 40.8 Å². The highest BCUT2D eigenvalue weighted by Crippen LogP contribution is 2.32. The van der Waals surface area contributed by atoms with E-state index < -0.39 is 0 Å².